The van der Waals surface area contributed by atoms with Crippen molar-refractivity contribution >= 4 is 11.4 Å². The molecule has 92 valence electrons. The first-order chi connectivity index (χ1) is 8.83. The highest BCUT2D eigenvalue weighted by atomic mass is 16.5. The van der Waals surface area contributed by atoms with Crippen molar-refractivity contribution in [3.63, 3.8) is 0 Å². The molecule has 2 aromatic rings. The second-order valence-corrected chi connectivity index (χ2v) is 4.48. The maximum Gasteiger partial charge on any atom is 0.144 e. The van der Waals surface area contributed by atoms with Crippen molar-refractivity contribution in [1.29, 1.82) is 0 Å². The molecule has 2 aromatic carbocycles. The van der Waals surface area contributed by atoms with Crippen LogP contribution in [0.1, 0.15) is 5.56 Å². The van der Waals surface area contributed by atoms with Crippen LogP contribution in [-0.2, 0) is 6.54 Å². The fourth-order valence-corrected chi connectivity index (χ4v) is 2.26. The van der Waals surface area contributed by atoms with Crippen molar-refractivity contribution in [1.82, 2.24) is 0 Å². The van der Waals surface area contributed by atoms with Gasteiger partial charge in [0.05, 0.1) is 12.2 Å². The third-order valence-electron chi connectivity index (χ3n) is 3.16. The first-order valence-corrected chi connectivity index (χ1v) is 6.14. The summed E-state index contributed by atoms with van der Waals surface area (Å²) in [6.45, 7) is 2.52. The molecule has 0 fully saturated rings. The Morgan fingerprint density at radius 2 is 1.94 bits per heavy atom. The monoisotopic (exact) mass is 240 g/mol. The van der Waals surface area contributed by atoms with Crippen molar-refractivity contribution < 1.29 is 4.74 Å². The maximum absolute atomic E-state index is 5.78. The lowest BCUT2D eigenvalue weighted by atomic mass is 10.1. The second-order valence-electron chi connectivity index (χ2n) is 4.48. The zero-order valence-electron chi connectivity index (χ0n) is 10.2. The Morgan fingerprint density at radius 3 is 2.78 bits per heavy atom. The van der Waals surface area contributed by atoms with Gasteiger partial charge in [0.15, 0.2) is 0 Å². The summed E-state index contributed by atoms with van der Waals surface area (Å²) in [4.78, 5) is 2.33. The number of nitrogen functional groups attached to an aromatic ring is 1. The molecule has 0 amide bonds. The third-order valence-corrected chi connectivity index (χ3v) is 3.16. The quantitative estimate of drug-likeness (QED) is 0.820. The SMILES string of the molecule is Nc1ccc2c(c1)OCCN2Cc1ccccc1. The summed E-state index contributed by atoms with van der Waals surface area (Å²) in [6, 6.07) is 16.3. The fraction of sp³-hybridized carbons (Fsp3) is 0.200. The smallest absolute Gasteiger partial charge is 0.144 e. The first-order valence-electron chi connectivity index (χ1n) is 6.14. The van der Waals surface area contributed by atoms with Crippen molar-refractivity contribution in [3.8, 4) is 5.75 Å². The van der Waals surface area contributed by atoms with E-state index in [0.29, 0.717) is 6.61 Å². The number of fused-ring (bicyclic) bond motifs is 1. The Labute approximate surface area is 107 Å². The van der Waals surface area contributed by atoms with Gasteiger partial charge in [-0.1, -0.05) is 30.3 Å². The third kappa shape index (κ3) is 2.12. The summed E-state index contributed by atoms with van der Waals surface area (Å²) in [5.74, 6) is 0.886. The number of nitrogens with zero attached hydrogens (tertiary/aromatic N) is 1. The topological polar surface area (TPSA) is 38.5 Å². The van der Waals surface area contributed by atoms with Gasteiger partial charge in [-0.3, -0.25) is 0 Å². The van der Waals surface area contributed by atoms with Crippen molar-refractivity contribution in [2.24, 2.45) is 0 Å². The van der Waals surface area contributed by atoms with Gasteiger partial charge in [0, 0.05) is 18.3 Å². The lowest BCUT2D eigenvalue weighted by molar-refractivity contribution is 0.307. The predicted molar refractivity (Wildman–Crippen MR) is 73.8 cm³/mol. The van der Waals surface area contributed by atoms with E-state index in [4.69, 9.17) is 10.5 Å². The summed E-state index contributed by atoms with van der Waals surface area (Å²) in [6.07, 6.45) is 0. The van der Waals surface area contributed by atoms with Crippen LogP contribution in [0.4, 0.5) is 11.4 Å². The van der Waals surface area contributed by atoms with Crippen LogP contribution in [0.3, 0.4) is 0 Å². The van der Waals surface area contributed by atoms with E-state index in [9.17, 15) is 0 Å². The van der Waals surface area contributed by atoms with Gasteiger partial charge >= 0.3 is 0 Å². The van der Waals surface area contributed by atoms with Crippen LogP contribution < -0.4 is 15.4 Å². The molecular formula is C15H16N2O. The van der Waals surface area contributed by atoms with Gasteiger partial charge in [0.2, 0.25) is 0 Å². The van der Waals surface area contributed by atoms with E-state index >= 15 is 0 Å². The molecule has 3 nitrogen and oxygen atoms in total. The molecule has 1 heterocycles. The second kappa shape index (κ2) is 4.61. The van der Waals surface area contributed by atoms with Crippen molar-refractivity contribution in [3.05, 3.63) is 54.1 Å². The molecular weight excluding hydrogens is 224 g/mol. The van der Waals surface area contributed by atoms with Crippen molar-refractivity contribution in [2.75, 3.05) is 23.8 Å². The molecule has 3 heteroatoms. The minimum atomic E-state index is 0.712. The average molecular weight is 240 g/mol. The molecule has 0 radical (unpaired) electrons. The standard InChI is InChI=1S/C15H16N2O/c16-13-6-7-14-15(10-13)18-9-8-17(14)11-12-4-2-1-3-5-12/h1-7,10H,8-9,11,16H2. The Kier molecular flexibility index (Phi) is 2.81. The normalized spacial score (nSPS) is 13.9. The lowest BCUT2D eigenvalue weighted by Gasteiger charge is -2.31. The number of hydrogen-bond donors (Lipinski definition) is 1. The molecule has 0 saturated carbocycles. The van der Waals surface area contributed by atoms with E-state index in [1.807, 2.05) is 24.3 Å². The summed E-state index contributed by atoms with van der Waals surface area (Å²) in [5, 5.41) is 0. The van der Waals surface area contributed by atoms with Crippen molar-refractivity contribution in [2.45, 2.75) is 6.54 Å². The summed E-state index contributed by atoms with van der Waals surface area (Å²) in [7, 11) is 0. The van der Waals surface area contributed by atoms with Gasteiger partial charge in [-0.25, -0.2) is 0 Å². The molecule has 1 aliphatic heterocycles. The van der Waals surface area contributed by atoms with E-state index in [1.54, 1.807) is 0 Å². The van der Waals surface area contributed by atoms with E-state index in [2.05, 4.69) is 29.2 Å². The number of nitrogens with two attached hydrogens (primary N) is 1. The van der Waals surface area contributed by atoms with Crippen LogP contribution in [-0.4, -0.2) is 13.2 Å². The molecule has 0 spiro atoms. The van der Waals surface area contributed by atoms with Gasteiger partial charge in [-0.15, -0.1) is 0 Å². The number of ether oxygens (including phenoxy) is 1. The lowest BCUT2D eigenvalue weighted by Crippen LogP contribution is -2.32. The maximum atomic E-state index is 5.78. The number of hydrogen-bond acceptors (Lipinski definition) is 3. The zero-order valence-corrected chi connectivity index (χ0v) is 10.2. The molecule has 0 bridgehead atoms. The number of rotatable bonds is 2. The highest BCUT2D eigenvalue weighted by Gasteiger charge is 2.17. The first kappa shape index (κ1) is 11.0. The molecule has 1 aliphatic rings. The molecule has 18 heavy (non-hydrogen) atoms. The van der Waals surface area contributed by atoms with E-state index in [0.717, 1.165) is 30.2 Å². The number of anilines is 2. The van der Waals surface area contributed by atoms with Gasteiger partial charge in [-0.05, 0) is 17.7 Å². The fourth-order valence-electron chi connectivity index (χ4n) is 2.26. The molecule has 2 N–H and O–H groups in total. The van der Waals surface area contributed by atoms with Crippen LogP contribution >= 0.6 is 0 Å². The molecule has 0 aromatic heterocycles. The van der Waals surface area contributed by atoms with Crippen LogP contribution in [0, 0.1) is 0 Å². The zero-order chi connectivity index (χ0) is 12.4. The Bertz CT molecular complexity index is 539. The molecule has 3 rings (SSSR count). The van der Waals surface area contributed by atoms with Crippen LogP contribution in [0.15, 0.2) is 48.5 Å². The van der Waals surface area contributed by atoms with Crippen LogP contribution in [0.2, 0.25) is 0 Å². The predicted octanol–water partition coefficient (Wildman–Crippen LogP) is 2.67. The molecule has 0 saturated heterocycles. The number of benzene rings is 2. The van der Waals surface area contributed by atoms with E-state index < -0.39 is 0 Å². The molecule has 0 aliphatic carbocycles. The highest BCUT2D eigenvalue weighted by molar-refractivity contribution is 5.65. The van der Waals surface area contributed by atoms with Gasteiger partial charge < -0.3 is 15.4 Å². The largest absolute Gasteiger partial charge is 0.489 e. The van der Waals surface area contributed by atoms with E-state index in [1.165, 1.54) is 5.56 Å². The summed E-state index contributed by atoms with van der Waals surface area (Å²) >= 11 is 0. The van der Waals surface area contributed by atoms with Gasteiger partial charge in [0.1, 0.15) is 12.4 Å². The molecule has 0 atom stereocenters. The van der Waals surface area contributed by atoms with Crippen LogP contribution in [0.25, 0.3) is 0 Å². The molecule has 0 unspecified atom stereocenters. The summed E-state index contributed by atoms with van der Waals surface area (Å²) < 4.78 is 5.65. The summed E-state index contributed by atoms with van der Waals surface area (Å²) in [5.41, 5.74) is 8.96. The Hall–Kier alpha value is -2.16. The minimum Gasteiger partial charge on any atom is -0.489 e. The average Bonchev–Trinajstić information content (AvgIpc) is 2.40. The van der Waals surface area contributed by atoms with E-state index in [-0.39, 0.29) is 0 Å². The minimum absolute atomic E-state index is 0.712. The highest BCUT2D eigenvalue weighted by Crippen LogP contribution is 2.33. The Balaban J connectivity index is 1.87. The van der Waals surface area contributed by atoms with Gasteiger partial charge in [-0.2, -0.15) is 0 Å². The van der Waals surface area contributed by atoms with Gasteiger partial charge in [0.25, 0.3) is 0 Å². The Morgan fingerprint density at radius 1 is 1.11 bits per heavy atom. The van der Waals surface area contributed by atoms with Crippen LogP contribution in [0.5, 0.6) is 5.75 Å².